The van der Waals surface area contributed by atoms with Crippen LogP contribution in [0.5, 0.6) is 0 Å². The molecule has 0 atom stereocenters. The Bertz CT molecular complexity index is 1140. The zero-order chi connectivity index (χ0) is 21.8. The van der Waals surface area contributed by atoms with E-state index in [1.807, 2.05) is 30.3 Å². The summed E-state index contributed by atoms with van der Waals surface area (Å²) in [6, 6.07) is 12.6. The van der Waals surface area contributed by atoms with Crippen LogP contribution in [0.2, 0.25) is 0 Å². The predicted molar refractivity (Wildman–Crippen MR) is 114 cm³/mol. The highest BCUT2D eigenvalue weighted by Gasteiger charge is 2.19. The molecule has 3 aromatic rings. The number of primary amides is 1. The lowest BCUT2D eigenvalue weighted by Crippen LogP contribution is -2.43. The Morgan fingerprint density at radius 1 is 1.10 bits per heavy atom. The van der Waals surface area contributed by atoms with E-state index >= 15 is 0 Å². The van der Waals surface area contributed by atoms with E-state index in [4.69, 9.17) is 11.0 Å². The van der Waals surface area contributed by atoms with Crippen LogP contribution in [0.25, 0.3) is 5.69 Å². The van der Waals surface area contributed by atoms with E-state index in [0.29, 0.717) is 5.56 Å². The smallest absolute Gasteiger partial charge is 0.274 e. The molecule has 0 unspecified atom stereocenters. The fourth-order valence-electron chi connectivity index (χ4n) is 3.30. The summed E-state index contributed by atoms with van der Waals surface area (Å²) in [6.07, 6.45) is 2.83. The molecule has 0 bridgehead atoms. The molecule has 1 saturated heterocycles. The predicted octanol–water partition coefficient (Wildman–Crippen LogP) is 0.900. The van der Waals surface area contributed by atoms with Gasteiger partial charge in [0.15, 0.2) is 5.69 Å². The van der Waals surface area contributed by atoms with Crippen molar-refractivity contribution >= 4 is 23.2 Å². The maximum Gasteiger partial charge on any atom is 0.274 e. The van der Waals surface area contributed by atoms with E-state index in [1.165, 1.54) is 29.2 Å². The van der Waals surface area contributed by atoms with Crippen molar-refractivity contribution in [1.29, 1.82) is 5.26 Å². The molecule has 10 nitrogen and oxygen atoms in total. The third-order valence-electron chi connectivity index (χ3n) is 4.92. The number of hydrogen-bond acceptors (Lipinski definition) is 7. The van der Waals surface area contributed by atoms with Crippen LogP contribution in [0.3, 0.4) is 0 Å². The van der Waals surface area contributed by atoms with E-state index in [2.05, 4.69) is 25.6 Å². The van der Waals surface area contributed by atoms with Gasteiger partial charge in [-0.2, -0.15) is 10.4 Å². The summed E-state index contributed by atoms with van der Waals surface area (Å²) in [5.74, 6) is -1.31. The maximum atomic E-state index is 12.5. The minimum Gasteiger partial charge on any atom is -0.369 e. The number of nitrogens with zero attached hydrogens (tertiary/aromatic N) is 5. The Morgan fingerprint density at radius 2 is 1.81 bits per heavy atom. The van der Waals surface area contributed by atoms with Gasteiger partial charge in [-0.15, -0.1) is 0 Å². The molecule has 1 fully saturated rings. The van der Waals surface area contributed by atoms with Crippen LogP contribution in [0.1, 0.15) is 26.5 Å². The normalized spacial score (nSPS) is 13.5. The molecule has 31 heavy (non-hydrogen) atoms. The first-order valence-electron chi connectivity index (χ1n) is 9.68. The summed E-state index contributed by atoms with van der Waals surface area (Å²) in [6.45, 7) is 3.76. The average molecular weight is 416 g/mol. The van der Waals surface area contributed by atoms with Gasteiger partial charge in [0.1, 0.15) is 11.8 Å². The van der Waals surface area contributed by atoms with E-state index in [9.17, 15) is 9.59 Å². The molecule has 1 aliphatic heterocycles. The topological polar surface area (TPSA) is 142 Å². The minimum atomic E-state index is -0.765. The van der Waals surface area contributed by atoms with Crippen LogP contribution in [-0.2, 0) is 0 Å². The number of carbonyl (C=O) groups is 2. The third kappa shape index (κ3) is 4.36. The van der Waals surface area contributed by atoms with Crippen molar-refractivity contribution in [2.75, 3.05) is 36.4 Å². The number of pyridine rings is 1. The lowest BCUT2D eigenvalue weighted by Gasteiger charge is -2.29. The summed E-state index contributed by atoms with van der Waals surface area (Å²) < 4.78 is 1.49. The van der Waals surface area contributed by atoms with Gasteiger partial charge in [0.05, 0.1) is 23.1 Å². The molecule has 10 heteroatoms. The molecule has 2 aromatic heterocycles. The number of nitrogens with two attached hydrogens (primary N) is 1. The van der Waals surface area contributed by atoms with E-state index in [0.717, 1.165) is 37.6 Å². The number of anilines is 2. The van der Waals surface area contributed by atoms with Crippen LogP contribution in [-0.4, -0.2) is 52.8 Å². The van der Waals surface area contributed by atoms with Crippen LogP contribution >= 0.6 is 0 Å². The van der Waals surface area contributed by atoms with Crippen molar-refractivity contribution in [1.82, 2.24) is 20.1 Å². The minimum absolute atomic E-state index is 0.0619. The molecular formula is C21H20N8O2. The summed E-state index contributed by atoms with van der Waals surface area (Å²) >= 11 is 0. The molecule has 0 saturated carbocycles. The first-order valence-corrected chi connectivity index (χ1v) is 9.68. The lowest BCUT2D eigenvalue weighted by molar-refractivity contribution is 0.0996. The first-order chi connectivity index (χ1) is 15.0. The molecule has 2 amide bonds. The molecule has 0 aliphatic carbocycles. The van der Waals surface area contributed by atoms with E-state index < -0.39 is 11.8 Å². The molecule has 1 aliphatic rings. The Balaban J connectivity index is 1.56. The maximum absolute atomic E-state index is 12.5. The number of rotatable bonds is 5. The number of carbonyl (C=O) groups excluding carboxylic acids is 2. The zero-order valence-electron chi connectivity index (χ0n) is 16.6. The summed E-state index contributed by atoms with van der Waals surface area (Å²) in [5.41, 5.74) is 7.83. The molecule has 4 N–H and O–H groups in total. The van der Waals surface area contributed by atoms with Gasteiger partial charge < -0.3 is 21.3 Å². The fourth-order valence-corrected chi connectivity index (χ4v) is 3.30. The second-order valence-electron chi connectivity index (χ2n) is 6.95. The van der Waals surface area contributed by atoms with Crippen molar-refractivity contribution < 1.29 is 9.59 Å². The van der Waals surface area contributed by atoms with Crippen LogP contribution in [0.4, 0.5) is 11.4 Å². The molecule has 0 spiro atoms. The number of amides is 2. The zero-order valence-corrected chi connectivity index (χ0v) is 16.6. The molecular weight excluding hydrogens is 396 g/mol. The highest BCUT2D eigenvalue weighted by atomic mass is 16.2. The number of nitriles is 1. The Labute approximate surface area is 178 Å². The van der Waals surface area contributed by atoms with Gasteiger partial charge in [0.2, 0.25) is 0 Å². The van der Waals surface area contributed by atoms with Crippen LogP contribution < -0.4 is 21.3 Å². The first kappa shape index (κ1) is 20.1. The van der Waals surface area contributed by atoms with Crippen molar-refractivity contribution in [3.8, 4) is 11.8 Å². The van der Waals surface area contributed by atoms with Gasteiger partial charge in [-0.1, -0.05) is 0 Å². The molecule has 156 valence electrons. The Kier molecular flexibility index (Phi) is 5.59. The summed E-state index contributed by atoms with van der Waals surface area (Å²) in [5, 5.41) is 19.0. The third-order valence-corrected chi connectivity index (χ3v) is 4.92. The summed E-state index contributed by atoms with van der Waals surface area (Å²) in [7, 11) is 0. The number of hydrogen-bond donors (Lipinski definition) is 3. The summed E-state index contributed by atoms with van der Waals surface area (Å²) in [4.78, 5) is 30.6. The van der Waals surface area contributed by atoms with Gasteiger partial charge in [-0.25, -0.2) is 9.67 Å². The SMILES string of the molecule is N#Cc1ccc(C(=O)Nc2cn(-c3ccc(N4CCNCC4)cc3)nc2C(N)=O)nc1. The number of benzene rings is 1. The van der Waals surface area contributed by atoms with Crippen LogP contribution in [0.15, 0.2) is 48.8 Å². The number of aromatic nitrogens is 3. The monoisotopic (exact) mass is 416 g/mol. The second kappa shape index (κ2) is 8.64. The van der Waals surface area contributed by atoms with Crippen molar-refractivity contribution in [2.45, 2.75) is 0 Å². The fraction of sp³-hybridized carbons (Fsp3) is 0.190. The molecule has 1 aromatic carbocycles. The van der Waals surface area contributed by atoms with Gasteiger partial charge in [-0.05, 0) is 36.4 Å². The van der Waals surface area contributed by atoms with Gasteiger partial charge in [-0.3, -0.25) is 9.59 Å². The van der Waals surface area contributed by atoms with Gasteiger partial charge in [0, 0.05) is 38.1 Å². The average Bonchev–Trinajstić information content (AvgIpc) is 3.24. The van der Waals surface area contributed by atoms with Crippen molar-refractivity contribution in [3.63, 3.8) is 0 Å². The van der Waals surface area contributed by atoms with Crippen molar-refractivity contribution in [2.24, 2.45) is 5.73 Å². The quantitative estimate of drug-likeness (QED) is 0.561. The van der Waals surface area contributed by atoms with E-state index in [1.54, 1.807) is 0 Å². The van der Waals surface area contributed by atoms with Gasteiger partial charge >= 0.3 is 0 Å². The highest BCUT2D eigenvalue weighted by molar-refractivity contribution is 6.07. The highest BCUT2D eigenvalue weighted by Crippen LogP contribution is 2.21. The Morgan fingerprint density at radius 3 is 2.42 bits per heavy atom. The van der Waals surface area contributed by atoms with Crippen molar-refractivity contribution in [3.05, 3.63) is 65.7 Å². The second-order valence-corrected chi connectivity index (χ2v) is 6.95. The lowest BCUT2D eigenvalue weighted by atomic mass is 10.2. The standard InChI is InChI=1S/C21H20N8O2/c22-11-14-1-6-17(25-12-14)21(31)26-18-13-29(27-19(18)20(23)30)16-4-2-15(3-5-16)28-9-7-24-8-10-28/h1-6,12-13,24H,7-10H2,(H2,23,30)(H,26,31). The van der Waals surface area contributed by atoms with Crippen LogP contribution in [0, 0.1) is 11.3 Å². The number of nitrogens with one attached hydrogen (secondary N) is 2. The molecule has 4 rings (SSSR count). The Hall–Kier alpha value is -4.23. The molecule has 0 radical (unpaired) electrons. The number of piperazine rings is 1. The van der Waals surface area contributed by atoms with E-state index in [-0.39, 0.29) is 17.1 Å². The largest absolute Gasteiger partial charge is 0.369 e. The van der Waals surface area contributed by atoms with Gasteiger partial charge in [0.25, 0.3) is 11.8 Å². The molecule has 3 heterocycles.